The molecule has 0 amide bonds. The van der Waals surface area contributed by atoms with E-state index >= 15 is 0 Å². The van der Waals surface area contributed by atoms with Crippen molar-refractivity contribution in [1.82, 2.24) is 9.55 Å². The molecule has 1 aliphatic carbocycles. The maximum atomic E-state index is 6.16. The van der Waals surface area contributed by atoms with E-state index in [1.54, 1.807) is 13.3 Å². The van der Waals surface area contributed by atoms with Crippen LogP contribution in [0.1, 0.15) is 35.7 Å². The second kappa shape index (κ2) is 5.05. The molecular weight excluding hydrogens is 238 g/mol. The Balaban J connectivity index is 1.87. The second-order valence-corrected chi connectivity index (χ2v) is 5.05. The highest BCUT2D eigenvalue weighted by Crippen LogP contribution is 2.29. The number of hydrogen-bond acceptors (Lipinski definition) is 3. The van der Waals surface area contributed by atoms with E-state index in [0.717, 1.165) is 19.4 Å². The van der Waals surface area contributed by atoms with E-state index in [4.69, 9.17) is 10.5 Å². The molecule has 0 saturated heterocycles. The Labute approximate surface area is 113 Å². The smallest absolute Gasteiger partial charge is 0.213 e. The van der Waals surface area contributed by atoms with Crippen LogP contribution in [-0.4, -0.2) is 16.7 Å². The predicted molar refractivity (Wildman–Crippen MR) is 74.2 cm³/mol. The number of fused-ring (bicyclic) bond motifs is 1. The van der Waals surface area contributed by atoms with Gasteiger partial charge in [0.2, 0.25) is 5.88 Å². The number of nitrogens with two attached hydrogens (primary N) is 1. The average molecular weight is 257 g/mol. The van der Waals surface area contributed by atoms with E-state index in [0.29, 0.717) is 5.88 Å². The Bertz CT molecular complexity index is 577. The van der Waals surface area contributed by atoms with Crippen LogP contribution in [0.25, 0.3) is 0 Å². The first kappa shape index (κ1) is 12.2. The number of methoxy groups -OCH3 is 1. The first-order chi connectivity index (χ1) is 9.28. The molecule has 0 spiro atoms. The standard InChI is InChI=1S/C15H19N3O/c1-19-15-9-11(5-7-17-15)10-18-8-6-12-13(16)3-2-4-14(12)18/h5-9,13H,2-4,10,16H2,1H3. The van der Waals surface area contributed by atoms with Gasteiger partial charge in [-0.05, 0) is 42.5 Å². The summed E-state index contributed by atoms with van der Waals surface area (Å²) in [5.74, 6) is 0.662. The summed E-state index contributed by atoms with van der Waals surface area (Å²) in [6.07, 6.45) is 7.33. The van der Waals surface area contributed by atoms with E-state index in [-0.39, 0.29) is 6.04 Å². The number of nitrogens with zero attached hydrogens (tertiary/aromatic N) is 2. The van der Waals surface area contributed by atoms with Crippen LogP contribution in [0.5, 0.6) is 5.88 Å². The number of aromatic nitrogens is 2. The SMILES string of the molecule is COc1cc(Cn2ccc3c2CCCC3N)ccn1. The van der Waals surface area contributed by atoms with Crippen molar-refractivity contribution in [2.24, 2.45) is 5.73 Å². The summed E-state index contributed by atoms with van der Waals surface area (Å²) in [6, 6.07) is 6.38. The van der Waals surface area contributed by atoms with E-state index in [2.05, 4.69) is 21.8 Å². The monoisotopic (exact) mass is 257 g/mol. The maximum Gasteiger partial charge on any atom is 0.213 e. The molecule has 1 aliphatic rings. The summed E-state index contributed by atoms with van der Waals surface area (Å²) < 4.78 is 7.46. The van der Waals surface area contributed by atoms with E-state index < -0.39 is 0 Å². The minimum absolute atomic E-state index is 0.206. The first-order valence-electron chi connectivity index (χ1n) is 6.70. The molecule has 0 bridgehead atoms. The van der Waals surface area contributed by atoms with Crippen LogP contribution in [0.3, 0.4) is 0 Å². The highest BCUT2D eigenvalue weighted by Gasteiger charge is 2.19. The molecule has 0 fully saturated rings. The third-order valence-electron chi connectivity index (χ3n) is 3.80. The van der Waals surface area contributed by atoms with Crippen LogP contribution in [0.4, 0.5) is 0 Å². The van der Waals surface area contributed by atoms with Gasteiger partial charge in [0.05, 0.1) is 7.11 Å². The van der Waals surface area contributed by atoms with Crippen LogP contribution in [-0.2, 0) is 13.0 Å². The van der Waals surface area contributed by atoms with Crippen molar-refractivity contribution in [1.29, 1.82) is 0 Å². The van der Waals surface area contributed by atoms with Crippen LogP contribution in [0.15, 0.2) is 30.6 Å². The molecule has 100 valence electrons. The number of ether oxygens (including phenoxy) is 1. The van der Waals surface area contributed by atoms with E-state index in [1.165, 1.54) is 23.2 Å². The average Bonchev–Trinajstić information content (AvgIpc) is 2.84. The topological polar surface area (TPSA) is 53.1 Å². The van der Waals surface area contributed by atoms with Gasteiger partial charge in [-0.3, -0.25) is 0 Å². The Morgan fingerprint density at radius 2 is 2.37 bits per heavy atom. The van der Waals surface area contributed by atoms with Gasteiger partial charge >= 0.3 is 0 Å². The van der Waals surface area contributed by atoms with Crippen molar-refractivity contribution in [3.05, 3.63) is 47.4 Å². The lowest BCUT2D eigenvalue weighted by molar-refractivity contribution is 0.397. The molecule has 2 aromatic heterocycles. The highest BCUT2D eigenvalue weighted by atomic mass is 16.5. The third kappa shape index (κ3) is 2.36. The molecule has 1 atom stereocenters. The molecule has 19 heavy (non-hydrogen) atoms. The summed E-state index contributed by atoms with van der Waals surface area (Å²) in [4.78, 5) is 4.14. The van der Waals surface area contributed by atoms with Crippen LogP contribution in [0.2, 0.25) is 0 Å². The normalized spacial score (nSPS) is 18.1. The molecular formula is C15H19N3O. The van der Waals surface area contributed by atoms with Gasteiger partial charge in [0.25, 0.3) is 0 Å². The van der Waals surface area contributed by atoms with Gasteiger partial charge in [-0.2, -0.15) is 0 Å². The zero-order valence-corrected chi connectivity index (χ0v) is 11.2. The zero-order chi connectivity index (χ0) is 13.2. The minimum atomic E-state index is 0.206. The van der Waals surface area contributed by atoms with Crippen molar-refractivity contribution in [3.63, 3.8) is 0 Å². The largest absolute Gasteiger partial charge is 0.481 e. The van der Waals surface area contributed by atoms with Crippen molar-refractivity contribution in [2.75, 3.05) is 7.11 Å². The molecule has 2 aromatic rings. The summed E-state index contributed by atoms with van der Waals surface area (Å²) in [5.41, 5.74) is 10.1. The van der Waals surface area contributed by atoms with Crippen molar-refractivity contribution in [3.8, 4) is 5.88 Å². The lowest BCUT2D eigenvalue weighted by Gasteiger charge is -2.21. The van der Waals surface area contributed by atoms with Crippen molar-refractivity contribution >= 4 is 0 Å². The lowest BCUT2D eigenvalue weighted by Crippen LogP contribution is -2.18. The van der Waals surface area contributed by atoms with Crippen LogP contribution < -0.4 is 10.5 Å². The lowest BCUT2D eigenvalue weighted by atomic mass is 9.93. The van der Waals surface area contributed by atoms with E-state index in [9.17, 15) is 0 Å². The van der Waals surface area contributed by atoms with Gasteiger partial charge in [0.1, 0.15) is 0 Å². The van der Waals surface area contributed by atoms with Gasteiger partial charge in [-0.15, -0.1) is 0 Å². The van der Waals surface area contributed by atoms with Gasteiger partial charge in [-0.25, -0.2) is 4.98 Å². The molecule has 0 aliphatic heterocycles. The maximum absolute atomic E-state index is 6.16. The molecule has 0 saturated carbocycles. The van der Waals surface area contributed by atoms with Crippen molar-refractivity contribution < 1.29 is 4.74 Å². The number of pyridine rings is 1. The molecule has 2 N–H and O–H groups in total. The molecule has 1 unspecified atom stereocenters. The molecule has 3 rings (SSSR count). The second-order valence-electron chi connectivity index (χ2n) is 5.05. The summed E-state index contributed by atoms with van der Waals surface area (Å²) in [7, 11) is 1.64. The minimum Gasteiger partial charge on any atom is -0.481 e. The fraction of sp³-hybridized carbons (Fsp3) is 0.400. The zero-order valence-electron chi connectivity index (χ0n) is 11.2. The molecule has 4 nitrogen and oxygen atoms in total. The quantitative estimate of drug-likeness (QED) is 0.917. The highest BCUT2D eigenvalue weighted by molar-refractivity contribution is 5.30. The first-order valence-corrected chi connectivity index (χ1v) is 6.70. The molecule has 0 radical (unpaired) electrons. The summed E-state index contributed by atoms with van der Waals surface area (Å²) in [6.45, 7) is 0.848. The third-order valence-corrected chi connectivity index (χ3v) is 3.80. The van der Waals surface area contributed by atoms with Gasteiger partial charge in [0, 0.05) is 36.7 Å². The Hall–Kier alpha value is -1.81. The predicted octanol–water partition coefficient (Wildman–Crippen LogP) is 2.28. The summed E-state index contributed by atoms with van der Waals surface area (Å²) in [5, 5.41) is 0. The van der Waals surface area contributed by atoms with Crippen LogP contribution in [0, 0.1) is 0 Å². The fourth-order valence-electron chi connectivity index (χ4n) is 2.80. The van der Waals surface area contributed by atoms with Gasteiger partial charge in [-0.1, -0.05) is 0 Å². The Morgan fingerprint density at radius 3 is 3.21 bits per heavy atom. The molecule has 2 heterocycles. The van der Waals surface area contributed by atoms with E-state index in [1.807, 2.05) is 12.1 Å². The Kier molecular flexibility index (Phi) is 3.25. The van der Waals surface area contributed by atoms with Crippen LogP contribution >= 0.6 is 0 Å². The van der Waals surface area contributed by atoms with Crippen molar-refractivity contribution in [2.45, 2.75) is 31.8 Å². The van der Waals surface area contributed by atoms with Gasteiger partial charge in [0.15, 0.2) is 0 Å². The molecule has 4 heteroatoms. The van der Waals surface area contributed by atoms with Gasteiger partial charge < -0.3 is 15.0 Å². The molecule has 0 aromatic carbocycles. The number of rotatable bonds is 3. The summed E-state index contributed by atoms with van der Waals surface area (Å²) >= 11 is 0. The Morgan fingerprint density at radius 1 is 1.47 bits per heavy atom. The number of hydrogen-bond donors (Lipinski definition) is 1. The fourth-order valence-corrected chi connectivity index (χ4v) is 2.80.